The maximum Gasteiger partial charge on any atom is 0.337 e. The number of aliphatic carboxylic acids is 1. The summed E-state index contributed by atoms with van der Waals surface area (Å²) in [5.74, 6) is -1.93. The minimum Gasteiger partial charge on any atom is -0.479 e. The summed E-state index contributed by atoms with van der Waals surface area (Å²) in [5.41, 5.74) is 0.833. The van der Waals surface area contributed by atoms with Crippen molar-refractivity contribution in [2.24, 2.45) is 0 Å². The summed E-state index contributed by atoms with van der Waals surface area (Å²) >= 11 is 5.40. The Balaban J connectivity index is 3.24. The number of carbonyl (C=O) groups excluding carboxylic acids is 1. The summed E-state index contributed by atoms with van der Waals surface area (Å²) in [6, 6.07) is 4.49. The molecule has 18 heavy (non-hydrogen) atoms. The van der Waals surface area contributed by atoms with Gasteiger partial charge in [0.1, 0.15) is 0 Å². The average Bonchev–Trinajstić information content (AvgIpc) is 2.37. The summed E-state index contributed by atoms with van der Waals surface area (Å²) in [7, 11) is 0. The van der Waals surface area contributed by atoms with E-state index in [9.17, 15) is 19.8 Å². The number of rotatable bonds is 6. The highest BCUT2D eigenvalue weighted by molar-refractivity contribution is 6.27. The Labute approximate surface area is 109 Å². The van der Waals surface area contributed by atoms with Crippen molar-refractivity contribution in [1.29, 1.82) is 0 Å². The molecule has 0 radical (unpaired) electrons. The second-order valence-electron chi connectivity index (χ2n) is 3.73. The largest absolute Gasteiger partial charge is 0.479 e. The van der Waals surface area contributed by atoms with Gasteiger partial charge in [0.25, 0.3) is 0 Å². The first-order valence-electron chi connectivity index (χ1n) is 5.21. The normalized spacial score (nSPS) is 12.2. The predicted molar refractivity (Wildman–Crippen MR) is 64.4 cm³/mol. The quantitative estimate of drug-likeness (QED) is 0.661. The third kappa shape index (κ3) is 3.29. The van der Waals surface area contributed by atoms with Crippen LogP contribution in [0, 0.1) is 0 Å². The second kappa shape index (κ2) is 6.49. The van der Waals surface area contributed by atoms with Gasteiger partial charge in [-0.1, -0.05) is 18.2 Å². The summed E-state index contributed by atoms with van der Waals surface area (Å²) < 4.78 is 0. The number of benzene rings is 1. The van der Waals surface area contributed by atoms with Gasteiger partial charge in [-0.3, -0.25) is 4.79 Å². The van der Waals surface area contributed by atoms with Gasteiger partial charge < -0.3 is 15.3 Å². The van der Waals surface area contributed by atoms with E-state index in [0.29, 0.717) is 11.1 Å². The van der Waals surface area contributed by atoms with E-state index in [-0.39, 0.29) is 30.3 Å². The molecule has 0 aliphatic heterocycles. The van der Waals surface area contributed by atoms with Gasteiger partial charge in [0.2, 0.25) is 0 Å². The average molecular weight is 273 g/mol. The van der Waals surface area contributed by atoms with E-state index in [0.717, 1.165) is 0 Å². The minimum absolute atomic E-state index is 0.104. The maximum absolute atomic E-state index is 11.4. The number of aliphatic hydroxyl groups excluding tert-OH is 2. The predicted octanol–water partition coefficient (Wildman–Crippen LogP) is 0.647. The molecular weight excluding hydrogens is 260 g/mol. The molecule has 1 aromatic carbocycles. The van der Waals surface area contributed by atoms with E-state index < -0.39 is 12.1 Å². The van der Waals surface area contributed by atoms with Crippen molar-refractivity contribution in [3.8, 4) is 0 Å². The summed E-state index contributed by atoms with van der Waals surface area (Å²) in [4.78, 5) is 22.1. The molecular formula is C12H13ClO5. The molecule has 5 nitrogen and oxygen atoms in total. The zero-order valence-corrected chi connectivity index (χ0v) is 10.2. The van der Waals surface area contributed by atoms with Gasteiger partial charge in [0.15, 0.2) is 11.9 Å². The number of aliphatic hydroxyl groups is 2. The molecule has 0 saturated carbocycles. The van der Waals surface area contributed by atoms with Crippen LogP contribution in [0.1, 0.15) is 22.8 Å². The van der Waals surface area contributed by atoms with Crippen LogP contribution in [0.2, 0.25) is 0 Å². The lowest BCUT2D eigenvalue weighted by atomic mass is 9.94. The van der Waals surface area contributed by atoms with Crippen LogP contribution < -0.4 is 0 Å². The Morgan fingerprint density at radius 3 is 2.50 bits per heavy atom. The van der Waals surface area contributed by atoms with E-state index in [2.05, 4.69) is 0 Å². The van der Waals surface area contributed by atoms with Crippen molar-refractivity contribution in [2.75, 3.05) is 5.88 Å². The zero-order valence-electron chi connectivity index (χ0n) is 9.47. The van der Waals surface area contributed by atoms with Crippen molar-refractivity contribution in [3.63, 3.8) is 0 Å². The van der Waals surface area contributed by atoms with E-state index in [1.54, 1.807) is 6.07 Å². The second-order valence-corrected chi connectivity index (χ2v) is 4.00. The standard InChI is InChI=1S/C12H13ClO5/c13-5-8(15)4-10-7(6-14)2-1-3-9(10)11(16)12(17)18/h1-3,11,14,16H,4-6H2,(H,17,18). The lowest BCUT2D eigenvalue weighted by Gasteiger charge is -2.15. The molecule has 1 atom stereocenters. The molecule has 0 bridgehead atoms. The van der Waals surface area contributed by atoms with E-state index in [4.69, 9.17) is 16.7 Å². The van der Waals surface area contributed by atoms with Crippen molar-refractivity contribution in [1.82, 2.24) is 0 Å². The molecule has 0 aromatic heterocycles. The van der Waals surface area contributed by atoms with Crippen LogP contribution in [0.15, 0.2) is 18.2 Å². The molecule has 0 spiro atoms. The van der Waals surface area contributed by atoms with Crippen LogP contribution in [0.4, 0.5) is 0 Å². The molecule has 0 saturated heterocycles. The molecule has 98 valence electrons. The Bertz CT molecular complexity index is 458. The van der Waals surface area contributed by atoms with Crippen LogP contribution in [-0.2, 0) is 22.6 Å². The van der Waals surface area contributed by atoms with Gasteiger partial charge in [-0.2, -0.15) is 0 Å². The summed E-state index contributed by atoms with van der Waals surface area (Å²) in [5, 5.41) is 27.5. The van der Waals surface area contributed by atoms with Crippen LogP contribution >= 0.6 is 11.6 Å². The molecule has 6 heteroatoms. The molecule has 0 heterocycles. The molecule has 3 N–H and O–H groups in total. The first-order chi connectivity index (χ1) is 8.51. The number of Topliss-reactive ketones (excluding diaryl/α,β-unsaturated/α-hetero) is 1. The van der Waals surface area contributed by atoms with Gasteiger partial charge in [0.05, 0.1) is 12.5 Å². The van der Waals surface area contributed by atoms with Crippen molar-refractivity contribution in [3.05, 3.63) is 34.9 Å². The van der Waals surface area contributed by atoms with E-state index in [1.807, 2.05) is 0 Å². The van der Waals surface area contributed by atoms with Crippen LogP contribution in [-0.4, -0.2) is 33.0 Å². The number of carbonyl (C=O) groups is 2. The SMILES string of the molecule is O=C(CCl)Cc1c(CO)cccc1C(O)C(=O)O. The third-order valence-corrected chi connectivity index (χ3v) is 2.83. The molecule has 1 aromatic rings. The molecule has 0 fully saturated rings. The first kappa shape index (κ1) is 14.6. The van der Waals surface area contributed by atoms with Crippen LogP contribution in [0.25, 0.3) is 0 Å². The number of hydrogen-bond acceptors (Lipinski definition) is 4. The minimum atomic E-state index is -1.73. The van der Waals surface area contributed by atoms with Gasteiger partial charge in [0, 0.05) is 6.42 Å². The smallest absolute Gasteiger partial charge is 0.337 e. The highest BCUT2D eigenvalue weighted by Gasteiger charge is 2.22. The van der Waals surface area contributed by atoms with Crippen molar-refractivity contribution >= 4 is 23.4 Å². The lowest BCUT2D eigenvalue weighted by molar-refractivity contribution is -0.147. The van der Waals surface area contributed by atoms with Gasteiger partial charge >= 0.3 is 5.97 Å². The molecule has 0 aliphatic rings. The topological polar surface area (TPSA) is 94.8 Å². The van der Waals surface area contributed by atoms with Gasteiger partial charge in [-0.25, -0.2) is 4.79 Å². The molecule has 1 unspecified atom stereocenters. The third-order valence-electron chi connectivity index (χ3n) is 2.53. The Morgan fingerprint density at radius 1 is 1.33 bits per heavy atom. The Kier molecular flexibility index (Phi) is 5.27. The van der Waals surface area contributed by atoms with Crippen molar-refractivity contribution < 1.29 is 24.9 Å². The summed E-state index contributed by atoms with van der Waals surface area (Å²) in [6.45, 7) is -0.342. The van der Waals surface area contributed by atoms with Gasteiger partial charge in [-0.15, -0.1) is 11.6 Å². The monoisotopic (exact) mass is 272 g/mol. The number of carboxylic acids is 1. The molecule has 1 rings (SSSR count). The van der Waals surface area contributed by atoms with E-state index in [1.165, 1.54) is 12.1 Å². The number of hydrogen-bond donors (Lipinski definition) is 3. The number of ketones is 1. The Morgan fingerprint density at radius 2 is 2.00 bits per heavy atom. The zero-order chi connectivity index (χ0) is 13.7. The number of alkyl halides is 1. The fourth-order valence-corrected chi connectivity index (χ4v) is 1.75. The maximum atomic E-state index is 11.4. The number of carboxylic acid groups (broad SMARTS) is 1. The highest BCUT2D eigenvalue weighted by Crippen LogP contribution is 2.23. The molecule has 0 amide bonds. The Hall–Kier alpha value is -1.43. The number of halogens is 1. The summed E-state index contributed by atoms with van der Waals surface area (Å²) in [6.07, 6.45) is -1.84. The van der Waals surface area contributed by atoms with Crippen molar-refractivity contribution in [2.45, 2.75) is 19.1 Å². The van der Waals surface area contributed by atoms with E-state index >= 15 is 0 Å². The molecule has 0 aliphatic carbocycles. The van der Waals surface area contributed by atoms with Crippen LogP contribution in [0.3, 0.4) is 0 Å². The fraction of sp³-hybridized carbons (Fsp3) is 0.333. The highest BCUT2D eigenvalue weighted by atomic mass is 35.5. The fourth-order valence-electron chi connectivity index (χ4n) is 1.65. The first-order valence-corrected chi connectivity index (χ1v) is 5.74. The van der Waals surface area contributed by atoms with Gasteiger partial charge in [-0.05, 0) is 16.7 Å². The lowest BCUT2D eigenvalue weighted by Crippen LogP contribution is -2.16. The van der Waals surface area contributed by atoms with Crippen LogP contribution in [0.5, 0.6) is 0 Å².